The normalized spacial score (nSPS) is 16.7. The average molecular weight is 410 g/mol. The Balaban J connectivity index is 1.72. The Kier molecular flexibility index (Phi) is 5.04. The number of carbonyl (C=O) groups is 2. The summed E-state index contributed by atoms with van der Waals surface area (Å²) < 4.78 is 14.6. The number of aromatic amines is 1. The zero-order chi connectivity index (χ0) is 21.4. The fourth-order valence-corrected chi connectivity index (χ4v) is 3.67. The van der Waals surface area contributed by atoms with Crippen molar-refractivity contribution in [2.24, 2.45) is 0 Å². The number of amides is 3. The largest absolute Gasteiger partial charge is 0.395 e. The van der Waals surface area contributed by atoms with Gasteiger partial charge in [-0.2, -0.15) is 5.10 Å². The van der Waals surface area contributed by atoms with Crippen LogP contribution < -0.4 is 10.5 Å². The minimum Gasteiger partial charge on any atom is -0.395 e. The van der Waals surface area contributed by atoms with E-state index in [-0.39, 0.29) is 30.8 Å². The van der Waals surface area contributed by atoms with Crippen molar-refractivity contribution in [2.45, 2.75) is 19.4 Å². The quantitative estimate of drug-likeness (QED) is 0.624. The third kappa shape index (κ3) is 3.22. The summed E-state index contributed by atoms with van der Waals surface area (Å²) in [7, 11) is 0. The Labute approximate surface area is 170 Å². The van der Waals surface area contributed by atoms with Gasteiger partial charge in [0.05, 0.1) is 23.4 Å². The summed E-state index contributed by atoms with van der Waals surface area (Å²) >= 11 is 0. The first-order valence-corrected chi connectivity index (χ1v) is 9.42. The second-order valence-electron chi connectivity index (χ2n) is 7.06. The molecule has 0 radical (unpaired) electrons. The van der Waals surface area contributed by atoms with E-state index in [4.69, 9.17) is 5.11 Å². The molecule has 2 N–H and O–H groups in total. The summed E-state index contributed by atoms with van der Waals surface area (Å²) in [4.78, 5) is 39.2. The number of nitrogens with one attached hydrogen (secondary N) is 1. The SMILES string of the molecule is CC1C(=O)N(c2cc(Cc3n[nH]c(=O)c4ccccc34)ccc2F)C(=O)N1CCO. The van der Waals surface area contributed by atoms with Crippen LogP contribution in [0.1, 0.15) is 18.2 Å². The van der Waals surface area contributed by atoms with E-state index in [1.165, 1.54) is 24.0 Å². The van der Waals surface area contributed by atoms with E-state index in [0.29, 0.717) is 22.0 Å². The number of aliphatic hydroxyl groups excluding tert-OH is 1. The number of H-pyrrole nitrogens is 1. The Morgan fingerprint density at radius 1 is 1.13 bits per heavy atom. The number of fused-ring (bicyclic) bond motifs is 1. The highest BCUT2D eigenvalue weighted by molar-refractivity contribution is 6.21. The van der Waals surface area contributed by atoms with Crippen LogP contribution in [0.5, 0.6) is 0 Å². The molecule has 9 heteroatoms. The van der Waals surface area contributed by atoms with Crippen molar-refractivity contribution >= 4 is 28.4 Å². The number of anilines is 1. The molecule has 1 unspecified atom stereocenters. The van der Waals surface area contributed by atoms with E-state index in [0.717, 1.165) is 4.90 Å². The average Bonchev–Trinajstić information content (AvgIpc) is 2.95. The summed E-state index contributed by atoms with van der Waals surface area (Å²) in [6, 6.07) is 9.71. The number of nitrogens with zero attached hydrogens (tertiary/aromatic N) is 3. The maximum Gasteiger partial charge on any atom is 0.332 e. The summed E-state index contributed by atoms with van der Waals surface area (Å²) in [6.07, 6.45) is 0.261. The molecule has 1 aromatic heterocycles. The number of benzene rings is 2. The van der Waals surface area contributed by atoms with Gasteiger partial charge in [-0.15, -0.1) is 0 Å². The van der Waals surface area contributed by atoms with Gasteiger partial charge in [0.2, 0.25) is 0 Å². The molecule has 8 nitrogen and oxygen atoms in total. The molecule has 4 rings (SSSR count). The zero-order valence-corrected chi connectivity index (χ0v) is 16.1. The molecule has 1 fully saturated rings. The van der Waals surface area contributed by atoms with Gasteiger partial charge in [0.1, 0.15) is 11.9 Å². The lowest BCUT2D eigenvalue weighted by atomic mass is 10.0. The molecule has 0 saturated carbocycles. The van der Waals surface area contributed by atoms with Crippen molar-refractivity contribution in [2.75, 3.05) is 18.1 Å². The number of hydrogen-bond acceptors (Lipinski definition) is 5. The molecule has 3 aromatic rings. The maximum absolute atomic E-state index is 14.6. The highest BCUT2D eigenvalue weighted by Crippen LogP contribution is 2.29. The number of halogens is 1. The summed E-state index contributed by atoms with van der Waals surface area (Å²) in [5.74, 6) is -1.27. The summed E-state index contributed by atoms with van der Waals surface area (Å²) in [5.41, 5.74) is 0.742. The Morgan fingerprint density at radius 3 is 2.60 bits per heavy atom. The number of imide groups is 1. The van der Waals surface area contributed by atoms with Gasteiger partial charge in [-0.05, 0) is 30.7 Å². The van der Waals surface area contributed by atoms with Gasteiger partial charge in [0, 0.05) is 18.4 Å². The van der Waals surface area contributed by atoms with Crippen LogP contribution in [0.3, 0.4) is 0 Å². The lowest BCUT2D eigenvalue weighted by molar-refractivity contribution is -0.119. The molecule has 3 amide bonds. The van der Waals surface area contributed by atoms with Gasteiger partial charge in [0.15, 0.2) is 0 Å². The number of carbonyl (C=O) groups excluding carboxylic acids is 2. The second-order valence-corrected chi connectivity index (χ2v) is 7.06. The van der Waals surface area contributed by atoms with E-state index in [1.807, 2.05) is 0 Å². The Morgan fingerprint density at radius 2 is 1.87 bits per heavy atom. The molecule has 1 atom stereocenters. The molecule has 0 aliphatic carbocycles. The van der Waals surface area contributed by atoms with Crippen molar-refractivity contribution in [3.63, 3.8) is 0 Å². The first-order chi connectivity index (χ1) is 14.4. The van der Waals surface area contributed by atoms with Gasteiger partial charge >= 0.3 is 6.03 Å². The van der Waals surface area contributed by atoms with Crippen molar-refractivity contribution < 1.29 is 19.1 Å². The highest BCUT2D eigenvalue weighted by atomic mass is 19.1. The third-order valence-electron chi connectivity index (χ3n) is 5.22. The number of aliphatic hydroxyl groups is 1. The molecule has 2 aromatic carbocycles. The van der Waals surface area contributed by atoms with Crippen LogP contribution >= 0.6 is 0 Å². The standard InChI is InChI=1S/C21H19FN4O4/c1-12-20(29)26(21(30)25(12)8-9-27)18-11-13(6-7-16(18)22)10-17-14-4-2-3-5-15(14)19(28)24-23-17/h2-7,11-12,27H,8-10H2,1H3,(H,24,28). The minimum atomic E-state index is -0.794. The predicted molar refractivity (Wildman–Crippen MR) is 108 cm³/mol. The second kappa shape index (κ2) is 7.68. The van der Waals surface area contributed by atoms with E-state index < -0.39 is 23.8 Å². The molecule has 1 saturated heterocycles. The smallest absolute Gasteiger partial charge is 0.332 e. The molecule has 30 heavy (non-hydrogen) atoms. The van der Waals surface area contributed by atoms with Crippen molar-refractivity contribution in [1.29, 1.82) is 0 Å². The van der Waals surface area contributed by atoms with Gasteiger partial charge < -0.3 is 10.0 Å². The fourth-order valence-electron chi connectivity index (χ4n) is 3.67. The Bertz CT molecular complexity index is 1210. The topological polar surface area (TPSA) is 107 Å². The number of β-amino-alcohol motifs (C(OH)–C–C–N with tert-alkyl or cyclic N) is 1. The van der Waals surface area contributed by atoms with Crippen molar-refractivity contribution in [1.82, 2.24) is 15.1 Å². The lowest BCUT2D eigenvalue weighted by Crippen LogP contribution is -2.36. The van der Waals surface area contributed by atoms with E-state index in [2.05, 4.69) is 10.2 Å². The van der Waals surface area contributed by atoms with Gasteiger partial charge in [-0.3, -0.25) is 9.59 Å². The van der Waals surface area contributed by atoms with Gasteiger partial charge in [0.25, 0.3) is 11.5 Å². The number of hydrogen-bond donors (Lipinski definition) is 2. The number of urea groups is 1. The molecule has 1 aliphatic heterocycles. The maximum atomic E-state index is 14.6. The van der Waals surface area contributed by atoms with Gasteiger partial charge in [-0.1, -0.05) is 24.3 Å². The Hall–Kier alpha value is -3.59. The first-order valence-electron chi connectivity index (χ1n) is 9.42. The molecule has 0 spiro atoms. The fraction of sp³-hybridized carbons (Fsp3) is 0.238. The van der Waals surface area contributed by atoms with Crippen LogP contribution in [-0.2, 0) is 11.2 Å². The molecular formula is C21H19FN4O4. The van der Waals surface area contributed by atoms with Crippen LogP contribution in [-0.4, -0.2) is 51.3 Å². The molecule has 0 bridgehead atoms. The summed E-state index contributed by atoms with van der Waals surface area (Å²) in [5, 5.41) is 16.9. The molecular weight excluding hydrogens is 391 g/mol. The van der Waals surface area contributed by atoms with Crippen LogP contribution in [0.25, 0.3) is 10.8 Å². The highest BCUT2D eigenvalue weighted by Gasteiger charge is 2.44. The van der Waals surface area contributed by atoms with Crippen LogP contribution in [0.15, 0.2) is 47.3 Å². The first kappa shape index (κ1) is 19.7. The van der Waals surface area contributed by atoms with Crippen molar-refractivity contribution in [3.8, 4) is 0 Å². The molecule has 1 aliphatic rings. The van der Waals surface area contributed by atoms with Crippen LogP contribution in [0.4, 0.5) is 14.9 Å². The van der Waals surface area contributed by atoms with E-state index in [1.54, 1.807) is 30.3 Å². The summed E-state index contributed by atoms with van der Waals surface area (Å²) in [6.45, 7) is 1.22. The molecule has 2 heterocycles. The monoisotopic (exact) mass is 410 g/mol. The minimum absolute atomic E-state index is 0.0170. The molecule has 154 valence electrons. The third-order valence-corrected chi connectivity index (χ3v) is 5.22. The zero-order valence-electron chi connectivity index (χ0n) is 16.1. The van der Waals surface area contributed by atoms with E-state index >= 15 is 0 Å². The van der Waals surface area contributed by atoms with Crippen LogP contribution in [0, 0.1) is 5.82 Å². The van der Waals surface area contributed by atoms with E-state index in [9.17, 15) is 18.8 Å². The predicted octanol–water partition coefficient (Wildman–Crippen LogP) is 1.80. The van der Waals surface area contributed by atoms with Crippen molar-refractivity contribution in [3.05, 3.63) is 69.9 Å². The lowest BCUT2D eigenvalue weighted by Gasteiger charge is -2.18. The van der Waals surface area contributed by atoms with Crippen LogP contribution in [0.2, 0.25) is 0 Å². The number of rotatable bonds is 5. The number of aromatic nitrogens is 2. The van der Waals surface area contributed by atoms with Gasteiger partial charge in [-0.25, -0.2) is 19.2 Å².